The molecular formula is C25H25F15O7. The lowest BCUT2D eigenvalue weighted by molar-refractivity contribution is -0.530. The van der Waals surface area contributed by atoms with Crippen molar-refractivity contribution in [3.8, 4) is 0 Å². The smallest absolute Gasteiger partial charge is 0.460 e. The Morgan fingerprint density at radius 3 is 1.51 bits per heavy atom. The maximum Gasteiger partial charge on any atom is 0.527 e. The highest BCUT2D eigenvalue weighted by Crippen LogP contribution is 2.50. The molecular weight excluding hydrogens is 697 g/mol. The van der Waals surface area contributed by atoms with Crippen molar-refractivity contribution in [3.63, 3.8) is 0 Å². The Hall–Kier alpha value is -3.01. The molecule has 1 aromatic carbocycles. The Kier molecular flexibility index (Phi) is 12.0. The zero-order chi connectivity index (χ0) is 37.4. The van der Waals surface area contributed by atoms with Crippen molar-refractivity contribution in [2.45, 2.75) is 88.8 Å². The maximum atomic E-state index is 13.9. The summed E-state index contributed by atoms with van der Waals surface area (Å²) < 4.78 is 210. The Morgan fingerprint density at radius 2 is 1.13 bits per heavy atom. The van der Waals surface area contributed by atoms with Crippen LogP contribution in [0, 0.1) is 11.8 Å². The van der Waals surface area contributed by atoms with E-state index in [4.69, 9.17) is 4.74 Å². The molecule has 0 bridgehead atoms. The van der Waals surface area contributed by atoms with Crippen LogP contribution in [-0.4, -0.2) is 66.3 Å². The molecule has 1 rings (SSSR count). The van der Waals surface area contributed by atoms with E-state index in [1.807, 2.05) is 0 Å². The van der Waals surface area contributed by atoms with E-state index in [-0.39, 0.29) is 17.7 Å². The Bertz CT molecular complexity index is 1220. The van der Waals surface area contributed by atoms with Gasteiger partial charge in [0.15, 0.2) is 6.61 Å². The maximum absolute atomic E-state index is 13.9. The predicted octanol–water partition coefficient (Wildman–Crippen LogP) is 7.57. The summed E-state index contributed by atoms with van der Waals surface area (Å²) in [6.45, 7) is 3.11. The van der Waals surface area contributed by atoms with Crippen LogP contribution < -0.4 is 0 Å². The van der Waals surface area contributed by atoms with Gasteiger partial charge in [-0.25, -0.2) is 9.47 Å². The molecule has 3 atom stereocenters. The largest absolute Gasteiger partial charge is 0.527 e. The molecule has 3 unspecified atom stereocenters. The van der Waals surface area contributed by atoms with Gasteiger partial charge in [0.2, 0.25) is 0 Å². The summed E-state index contributed by atoms with van der Waals surface area (Å²) in [6.07, 6.45) is -37.9. The number of rotatable bonds is 12. The number of aliphatic hydroxyl groups is 1. The van der Waals surface area contributed by atoms with Gasteiger partial charge in [-0.2, -0.15) is 52.7 Å². The van der Waals surface area contributed by atoms with Crippen LogP contribution in [0.4, 0.5) is 65.9 Å². The summed E-state index contributed by atoms with van der Waals surface area (Å²) in [5.41, 5.74) is -8.68. The molecule has 0 amide bonds. The number of alkyl halides is 15. The first-order valence-corrected chi connectivity index (χ1v) is 12.5. The van der Waals surface area contributed by atoms with Crippen molar-refractivity contribution in [2.24, 2.45) is 11.8 Å². The van der Waals surface area contributed by atoms with Crippen LogP contribution in [0.5, 0.6) is 0 Å². The van der Waals surface area contributed by atoms with Crippen LogP contribution in [0.25, 0.3) is 0 Å². The third kappa shape index (κ3) is 10.5. The molecule has 0 radical (unpaired) electrons. The first-order chi connectivity index (χ1) is 20.6. The number of esters is 2. The van der Waals surface area contributed by atoms with Crippen molar-refractivity contribution in [2.75, 3.05) is 6.61 Å². The summed E-state index contributed by atoms with van der Waals surface area (Å²) in [6, 6.07) is 1.56. The molecule has 1 N–H and O–H groups in total. The molecule has 0 saturated heterocycles. The number of hydrogen-bond acceptors (Lipinski definition) is 7. The summed E-state index contributed by atoms with van der Waals surface area (Å²) in [4.78, 5) is 25.6. The average molecular weight is 722 g/mol. The second kappa shape index (κ2) is 13.5. The van der Waals surface area contributed by atoms with Crippen LogP contribution >= 0.6 is 0 Å². The van der Waals surface area contributed by atoms with Gasteiger partial charge in [0.05, 0.1) is 11.8 Å². The third-order valence-electron chi connectivity index (χ3n) is 6.05. The Morgan fingerprint density at radius 1 is 0.702 bits per heavy atom. The van der Waals surface area contributed by atoms with Crippen LogP contribution in [0.3, 0.4) is 0 Å². The van der Waals surface area contributed by atoms with E-state index < -0.39 is 90.1 Å². The van der Waals surface area contributed by atoms with E-state index in [1.165, 1.54) is 20.8 Å². The molecule has 0 aliphatic rings. The minimum atomic E-state index is -6.70. The van der Waals surface area contributed by atoms with Crippen LogP contribution in [0.15, 0.2) is 24.3 Å². The first-order valence-electron chi connectivity index (χ1n) is 12.5. The number of ether oxygens (including phenoxy) is 4. The first kappa shape index (κ1) is 42.0. The Balaban J connectivity index is 3.36. The SMILES string of the molecule is CC(C(=O)OCC(F)(F)OC(F)(F)C(F)(F)OC(F)(F)F)C(C(=O)OC(C)(C)C)C(C)c1ccc(C(O)(C(F)(F)F)C(F)(F)F)cc1. The minimum Gasteiger partial charge on any atom is -0.460 e. The fourth-order valence-corrected chi connectivity index (χ4v) is 3.85. The predicted molar refractivity (Wildman–Crippen MR) is 123 cm³/mol. The van der Waals surface area contributed by atoms with E-state index in [2.05, 4.69) is 9.47 Å². The molecule has 22 heteroatoms. The van der Waals surface area contributed by atoms with Gasteiger partial charge in [0, 0.05) is 5.56 Å². The topological polar surface area (TPSA) is 91.3 Å². The van der Waals surface area contributed by atoms with Crippen molar-refractivity contribution in [1.82, 2.24) is 0 Å². The van der Waals surface area contributed by atoms with E-state index in [9.17, 15) is 80.6 Å². The van der Waals surface area contributed by atoms with Crippen LogP contribution in [-0.2, 0) is 34.1 Å². The average Bonchev–Trinajstić information content (AvgIpc) is 2.82. The normalized spacial score (nSPS) is 16.4. The lowest BCUT2D eigenvalue weighted by Crippen LogP contribution is -2.53. The monoisotopic (exact) mass is 722 g/mol. The van der Waals surface area contributed by atoms with E-state index in [0.717, 1.165) is 13.8 Å². The molecule has 7 nitrogen and oxygen atoms in total. The van der Waals surface area contributed by atoms with Gasteiger partial charge < -0.3 is 14.6 Å². The number of carbonyl (C=O) groups excluding carboxylic acids is 2. The number of hydrogen-bond donors (Lipinski definition) is 1. The van der Waals surface area contributed by atoms with Gasteiger partial charge in [0.25, 0.3) is 5.60 Å². The zero-order valence-corrected chi connectivity index (χ0v) is 24.3. The van der Waals surface area contributed by atoms with E-state index >= 15 is 0 Å². The highest BCUT2D eigenvalue weighted by molar-refractivity contribution is 5.83. The fraction of sp³-hybridized carbons (Fsp3) is 0.680. The van der Waals surface area contributed by atoms with E-state index in [1.54, 1.807) is 4.74 Å². The summed E-state index contributed by atoms with van der Waals surface area (Å²) in [5.74, 6) is -8.55. The van der Waals surface area contributed by atoms with Gasteiger partial charge in [0.1, 0.15) is 5.60 Å². The molecule has 0 heterocycles. The molecule has 0 saturated carbocycles. The molecule has 0 aromatic heterocycles. The van der Waals surface area contributed by atoms with Gasteiger partial charge in [-0.05, 0) is 32.3 Å². The number of carbonyl (C=O) groups is 2. The molecule has 0 aliphatic heterocycles. The van der Waals surface area contributed by atoms with Crippen molar-refractivity contribution >= 4 is 11.9 Å². The molecule has 1 aromatic rings. The minimum absolute atomic E-state index is 0.193. The Labute approximate surface area is 254 Å². The molecule has 0 fully saturated rings. The van der Waals surface area contributed by atoms with Crippen LogP contribution in [0.2, 0.25) is 0 Å². The highest BCUT2D eigenvalue weighted by Gasteiger charge is 2.71. The molecule has 272 valence electrons. The van der Waals surface area contributed by atoms with Crippen molar-refractivity contribution < 1.29 is 99.5 Å². The number of halogens is 15. The summed E-state index contributed by atoms with van der Waals surface area (Å²) in [7, 11) is 0. The van der Waals surface area contributed by atoms with Gasteiger partial charge in [-0.3, -0.25) is 9.59 Å². The second-order valence-electron chi connectivity index (χ2n) is 10.9. The molecule has 47 heavy (non-hydrogen) atoms. The third-order valence-corrected chi connectivity index (χ3v) is 6.05. The van der Waals surface area contributed by atoms with Gasteiger partial charge >= 0.3 is 49.0 Å². The number of benzene rings is 1. The quantitative estimate of drug-likeness (QED) is 0.176. The lowest BCUT2D eigenvalue weighted by Gasteiger charge is -2.33. The fourth-order valence-electron chi connectivity index (χ4n) is 3.85. The lowest BCUT2D eigenvalue weighted by atomic mass is 9.78. The van der Waals surface area contributed by atoms with Gasteiger partial charge in [-0.15, -0.1) is 13.2 Å². The summed E-state index contributed by atoms with van der Waals surface area (Å²) in [5, 5.41) is 9.56. The van der Waals surface area contributed by atoms with Crippen molar-refractivity contribution in [1.29, 1.82) is 0 Å². The van der Waals surface area contributed by atoms with E-state index in [0.29, 0.717) is 12.1 Å². The molecule has 0 aliphatic carbocycles. The zero-order valence-electron chi connectivity index (χ0n) is 24.3. The second-order valence-corrected chi connectivity index (χ2v) is 10.9. The molecule has 0 spiro atoms. The standard InChI is InChI=1S/C25H25F15O7/c1-11(13-6-8-14(9-7-13)20(43,21(28,29)30)22(31,32)33)15(17(42)45-18(3,4)5)12(2)16(41)44-10-19(26,27)46-23(34,35)24(36,37)47-25(38,39)40/h6-9,11-12,15,43H,10H2,1-5H3. The highest BCUT2D eigenvalue weighted by atomic mass is 19.4. The van der Waals surface area contributed by atoms with Gasteiger partial charge in [-0.1, -0.05) is 38.1 Å². The van der Waals surface area contributed by atoms with Crippen LogP contribution in [0.1, 0.15) is 51.7 Å². The van der Waals surface area contributed by atoms with Crippen molar-refractivity contribution in [3.05, 3.63) is 35.4 Å². The summed E-state index contributed by atoms with van der Waals surface area (Å²) >= 11 is 0.